The second-order valence-electron chi connectivity index (χ2n) is 2.83. The second-order valence-corrected chi connectivity index (χ2v) is 3.99. The van der Waals surface area contributed by atoms with Crippen molar-refractivity contribution >= 4 is 11.8 Å². The number of hydrogen-bond donors (Lipinski definition) is 1. The van der Waals surface area contributed by atoms with Gasteiger partial charge in [0.25, 0.3) is 0 Å². The number of aromatic nitrogens is 1. The molecule has 1 heterocycles. The van der Waals surface area contributed by atoms with Gasteiger partial charge in [0.15, 0.2) is 0 Å². The van der Waals surface area contributed by atoms with Gasteiger partial charge >= 0.3 is 5.51 Å². The zero-order valence-electron chi connectivity index (χ0n) is 7.92. The van der Waals surface area contributed by atoms with Gasteiger partial charge in [-0.3, -0.25) is 4.98 Å². The maximum absolute atomic E-state index is 11.7. The minimum atomic E-state index is -4.13. The molecule has 0 aliphatic carbocycles. The lowest BCUT2D eigenvalue weighted by Crippen LogP contribution is -2.18. The monoisotopic (exact) mass is 236 g/mol. The average molecular weight is 236 g/mol. The molecule has 1 aromatic heterocycles. The largest absolute Gasteiger partial charge is 0.441 e. The second kappa shape index (κ2) is 5.97. The summed E-state index contributed by atoms with van der Waals surface area (Å²) in [6.07, 6.45) is 3.31. The predicted octanol–water partition coefficient (Wildman–Crippen LogP) is 2.42. The summed E-state index contributed by atoms with van der Waals surface area (Å²) >= 11 is -0.00614. The molecule has 15 heavy (non-hydrogen) atoms. The Kier molecular flexibility index (Phi) is 4.90. The Hall–Kier alpha value is -0.750. The number of nitrogens with zero attached hydrogens (tertiary/aromatic N) is 1. The Morgan fingerprint density at radius 3 is 2.53 bits per heavy atom. The molecule has 1 aromatic rings. The van der Waals surface area contributed by atoms with Crippen LogP contribution in [0.3, 0.4) is 0 Å². The Labute approximate surface area is 90.3 Å². The van der Waals surface area contributed by atoms with E-state index in [0.717, 1.165) is 5.56 Å². The van der Waals surface area contributed by atoms with Crippen molar-refractivity contribution in [3.8, 4) is 0 Å². The summed E-state index contributed by atoms with van der Waals surface area (Å²) in [5.74, 6) is 0.0363. The smallest absolute Gasteiger partial charge is 0.312 e. The molecule has 6 heteroatoms. The molecule has 0 atom stereocenters. The summed E-state index contributed by atoms with van der Waals surface area (Å²) in [5.41, 5.74) is -3.11. The number of rotatable bonds is 5. The van der Waals surface area contributed by atoms with Crippen molar-refractivity contribution in [2.75, 3.05) is 12.3 Å². The normalized spacial score (nSPS) is 11.7. The quantitative estimate of drug-likeness (QED) is 0.795. The Morgan fingerprint density at radius 2 is 1.93 bits per heavy atom. The summed E-state index contributed by atoms with van der Waals surface area (Å²) < 4.78 is 35.2. The van der Waals surface area contributed by atoms with E-state index in [0.29, 0.717) is 13.1 Å². The maximum Gasteiger partial charge on any atom is 0.441 e. The van der Waals surface area contributed by atoms with Crippen molar-refractivity contribution in [1.82, 2.24) is 10.3 Å². The molecule has 0 aromatic carbocycles. The summed E-state index contributed by atoms with van der Waals surface area (Å²) in [5, 5.41) is 2.93. The third-order valence-corrected chi connectivity index (χ3v) is 2.36. The number of pyridine rings is 1. The lowest BCUT2D eigenvalue weighted by atomic mass is 10.3. The van der Waals surface area contributed by atoms with Gasteiger partial charge in [-0.1, -0.05) is 0 Å². The summed E-state index contributed by atoms with van der Waals surface area (Å²) in [4.78, 5) is 3.84. The van der Waals surface area contributed by atoms with Crippen molar-refractivity contribution in [3.63, 3.8) is 0 Å². The van der Waals surface area contributed by atoms with E-state index in [4.69, 9.17) is 0 Å². The average Bonchev–Trinajstić information content (AvgIpc) is 2.17. The van der Waals surface area contributed by atoms with Crippen LogP contribution in [0.5, 0.6) is 0 Å². The molecule has 0 unspecified atom stereocenters. The topological polar surface area (TPSA) is 24.9 Å². The number of alkyl halides is 3. The molecule has 0 bridgehead atoms. The first-order chi connectivity index (χ1) is 7.08. The van der Waals surface area contributed by atoms with E-state index in [-0.39, 0.29) is 17.5 Å². The van der Waals surface area contributed by atoms with E-state index in [1.807, 2.05) is 12.1 Å². The van der Waals surface area contributed by atoms with Crippen LogP contribution >= 0.6 is 11.8 Å². The fourth-order valence-electron chi connectivity index (χ4n) is 0.972. The fraction of sp³-hybridized carbons (Fsp3) is 0.444. The van der Waals surface area contributed by atoms with Gasteiger partial charge in [-0.2, -0.15) is 13.2 Å². The lowest BCUT2D eigenvalue weighted by molar-refractivity contribution is -0.0327. The third-order valence-electron chi connectivity index (χ3n) is 1.62. The lowest BCUT2D eigenvalue weighted by Gasteiger charge is -2.06. The molecular weight excluding hydrogens is 225 g/mol. The molecule has 1 rings (SSSR count). The Morgan fingerprint density at radius 1 is 1.27 bits per heavy atom. The van der Waals surface area contributed by atoms with Crippen LogP contribution in [-0.4, -0.2) is 22.8 Å². The maximum atomic E-state index is 11.7. The zero-order valence-corrected chi connectivity index (χ0v) is 8.74. The molecule has 0 aliphatic heterocycles. The van der Waals surface area contributed by atoms with Crippen LogP contribution in [-0.2, 0) is 6.54 Å². The SMILES string of the molecule is FC(F)(F)SCCNCc1ccncc1. The van der Waals surface area contributed by atoms with Crippen molar-refractivity contribution < 1.29 is 13.2 Å². The van der Waals surface area contributed by atoms with Crippen LogP contribution < -0.4 is 5.32 Å². The minimum absolute atomic E-state index is 0.00614. The van der Waals surface area contributed by atoms with E-state index in [1.165, 1.54) is 0 Å². The van der Waals surface area contributed by atoms with E-state index in [1.54, 1.807) is 12.4 Å². The number of nitrogens with one attached hydrogen (secondary N) is 1. The first kappa shape index (κ1) is 12.3. The third kappa shape index (κ3) is 6.35. The van der Waals surface area contributed by atoms with Gasteiger partial charge in [0.1, 0.15) is 0 Å². The molecule has 0 saturated heterocycles. The summed E-state index contributed by atoms with van der Waals surface area (Å²) in [6, 6.07) is 3.65. The van der Waals surface area contributed by atoms with Crippen LogP contribution in [0.1, 0.15) is 5.56 Å². The molecule has 84 valence electrons. The van der Waals surface area contributed by atoms with E-state index < -0.39 is 5.51 Å². The van der Waals surface area contributed by atoms with Crippen molar-refractivity contribution in [1.29, 1.82) is 0 Å². The molecule has 0 saturated carbocycles. The summed E-state index contributed by atoms with van der Waals surface area (Å²) in [7, 11) is 0. The Balaban J connectivity index is 2.08. The highest BCUT2D eigenvalue weighted by Crippen LogP contribution is 2.29. The van der Waals surface area contributed by atoms with Gasteiger partial charge in [0.05, 0.1) is 0 Å². The van der Waals surface area contributed by atoms with Crippen LogP contribution in [0.15, 0.2) is 24.5 Å². The van der Waals surface area contributed by atoms with Gasteiger partial charge in [0, 0.05) is 31.2 Å². The first-order valence-electron chi connectivity index (χ1n) is 4.38. The Bertz CT molecular complexity index is 276. The van der Waals surface area contributed by atoms with Crippen molar-refractivity contribution in [2.45, 2.75) is 12.1 Å². The number of hydrogen-bond acceptors (Lipinski definition) is 3. The van der Waals surface area contributed by atoms with E-state index >= 15 is 0 Å². The van der Waals surface area contributed by atoms with Crippen LogP contribution in [0.4, 0.5) is 13.2 Å². The van der Waals surface area contributed by atoms with Gasteiger partial charge in [-0.05, 0) is 29.5 Å². The standard InChI is InChI=1S/C9H11F3N2S/c10-9(11,12)15-6-5-14-7-8-1-3-13-4-2-8/h1-4,14H,5-7H2. The van der Waals surface area contributed by atoms with Crippen LogP contribution in [0.25, 0.3) is 0 Å². The molecule has 0 fully saturated rings. The van der Waals surface area contributed by atoms with E-state index in [9.17, 15) is 13.2 Å². The van der Waals surface area contributed by atoms with Crippen molar-refractivity contribution in [2.24, 2.45) is 0 Å². The number of halogens is 3. The van der Waals surface area contributed by atoms with Crippen LogP contribution in [0, 0.1) is 0 Å². The first-order valence-corrected chi connectivity index (χ1v) is 5.37. The van der Waals surface area contributed by atoms with Crippen LogP contribution in [0.2, 0.25) is 0 Å². The molecular formula is C9H11F3N2S. The molecule has 1 N–H and O–H groups in total. The highest BCUT2D eigenvalue weighted by Gasteiger charge is 2.27. The number of thioether (sulfide) groups is 1. The van der Waals surface area contributed by atoms with Gasteiger partial charge in [-0.15, -0.1) is 0 Å². The molecule has 0 spiro atoms. The highest BCUT2D eigenvalue weighted by molar-refractivity contribution is 8.00. The summed E-state index contributed by atoms with van der Waals surface area (Å²) in [6.45, 7) is 0.910. The van der Waals surface area contributed by atoms with Gasteiger partial charge in [-0.25, -0.2) is 0 Å². The fourth-order valence-corrected chi connectivity index (χ4v) is 1.45. The van der Waals surface area contributed by atoms with E-state index in [2.05, 4.69) is 10.3 Å². The zero-order chi connectivity index (χ0) is 11.1. The van der Waals surface area contributed by atoms with Gasteiger partial charge < -0.3 is 5.32 Å². The minimum Gasteiger partial charge on any atom is -0.312 e. The molecule has 0 aliphatic rings. The van der Waals surface area contributed by atoms with Crippen molar-refractivity contribution in [3.05, 3.63) is 30.1 Å². The molecule has 0 amide bonds. The van der Waals surface area contributed by atoms with Gasteiger partial charge in [0.2, 0.25) is 0 Å². The molecule has 0 radical (unpaired) electrons. The predicted molar refractivity (Wildman–Crippen MR) is 54.5 cm³/mol. The molecule has 2 nitrogen and oxygen atoms in total. The highest BCUT2D eigenvalue weighted by atomic mass is 32.2.